The van der Waals surface area contributed by atoms with E-state index in [1.165, 1.54) is 98.7 Å². The van der Waals surface area contributed by atoms with Gasteiger partial charge in [0, 0.05) is 0 Å². The van der Waals surface area contributed by atoms with E-state index >= 15 is 0 Å². The molecule has 10 rings (SSSR count). The van der Waals surface area contributed by atoms with Gasteiger partial charge in [-0.1, -0.05) is 109 Å². The Labute approximate surface area is 232 Å². The summed E-state index contributed by atoms with van der Waals surface area (Å²) in [5, 5.41) is 10.9. The summed E-state index contributed by atoms with van der Waals surface area (Å²) in [6, 6.07) is 36.6. The maximum absolute atomic E-state index is 2.49. The van der Waals surface area contributed by atoms with Crippen LogP contribution in [0.25, 0.3) is 89.6 Å². The van der Waals surface area contributed by atoms with E-state index in [1.807, 2.05) is 0 Å². The Morgan fingerprint density at radius 2 is 1.12 bits per heavy atom. The predicted octanol–water partition coefficient (Wildman–Crippen LogP) is 10.7. The Morgan fingerprint density at radius 1 is 0.400 bits per heavy atom. The van der Waals surface area contributed by atoms with Crippen molar-refractivity contribution in [2.45, 2.75) is 12.8 Å². The zero-order valence-electron chi connectivity index (χ0n) is 22.0. The van der Waals surface area contributed by atoms with Gasteiger partial charge in [-0.05, 0) is 124 Å². The van der Waals surface area contributed by atoms with Crippen molar-refractivity contribution in [3.05, 3.63) is 130 Å². The van der Waals surface area contributed by atoms with Crippen molar-refractivity contribution in [1.82, 2.24) is 0 Å². The molecule has 0 heterocycles. The number of hydrogen-bond donors (Lipinski definition) is 0. The van der Waals surface area contributed by atoms with Crippen LogP contribution in [0.1, 0.15) is 33.4 Å². The normalized spacial score (nSPS) is 14.1. The third-order valence-electron chi connectivity index (χ3n) is 9.65. The van der Waals surface area contributed by atoms with Crippen LogP contribution >= 0.6 is 0 Å². The Morgan fingerprint density at radius 3 is 2.08 bits per heavy atom. The number of aryl methyl sites for hydroxylation is 2. The van der Waals surface area contributed by atoms with Crippen molar-refractivity contribution >= 4 is 67.4 Å². The summed E-state index contributed by atoms with van der Waals surface area (Å²) in [5.41, 5.74) is 13.8. The Bertz CT molecular complexity index is 2360. The molecule has 0 spiro atoms. The highest BCUT2D eigenvalue weighted by molar-refractivity contribution is 6.17. The minimum absolute atomic E-state index is 1.15. The van der Waals surface area contributed by atoms with Crippen LogP contribution in [-0.2, 0) is 12.8 Å². The first-order valence-corrected chi connectivity index (χ1v) is 14.3. The van der Waals surface area contributed by atoms with E-state index in [0.717, 1.165) is 12.8 Å². The van der Waals surface area contributed by atoms with Crippen LogP contribution in [0, 0.1) is 0 Å². The number of hydrogen-bond acceptors (Lipinski definition) is 0. The molecule has 184 valence electrons. The van der Waals surface area contributed by atoms with Gasteiger partial charge < -0.3 is 0 Å². The molecule has 7 aromatic carbocycles. The van der Waals surface area contributed by atoms with Gasteiger partial charge in [-0.2, -0.15) is 0 Å². The summed E-state index contributed by atoms with van der Waals surface area (Å²) < 4.78 is 0. The van der Waals surface area contributed by atoms with Gasteiger partial charge in [0.15, 0.2) is 0 Å². The Balaban J connectivity index is 1.20. The molecule has 0 fully saturated rings. The second-order valence-electron chi connectivity index (χ2n) is 11.6. The molecule has 3 aliphatic rings. The van der Waals surface area contributed by atoms with Crippen molar-refractivity contribution in [3.8, 4) is 22.3 Å². The fourth-order valence-electron chi connectivity index (χ4n) is 7.81. The van der Waals surface area contributed by atoms with Crippen LogP contribution in [0.15, 0.2) is 97.1 Å². The smallest absolute Gasteiger partial charge is 0.00264 e. The number of rotatable bonds is 2. The molecule has 0 aliphatic heterocycles. The summed E-state index contributed by atoms with van der Waals surface area (Å²) in [6.07, 6.45) is 11.7. The Kier molecular flexibility index (Phi) is 3.86. The molecule has 3 aliphatic carbocycles. The molecule has 40 heavy (non-hydrogen) atoms. The van der Waals surface area contributed by atoms with Crippen molar-refractivity contribution < 1.29 is 0 Å². The summed E-state index contributed by atoms with van der Waals surface area (Å²) >= 11 is 0. The molecule has 0 radical (unpaired) electrons. The molecule has 7 aromatic rings. The lowest BCUT2D eigenvalue weighted by molar-refractivity contribution is 1.02. The molecule has 0 bridgehead atoms. The van der Waals surface area contributed by atoms with E-state index in [1.54, 1.807) is 0 Å². The lowest BCUT2D eigenvalue weighted by Gasteiger charge is -2.16. The molecule has 0 aromatic heterocycles. The maximum atomic E-state index is 2.49. The fraction of sp³-hybridized carbons (Fsp3) is 0.0500. The van der Waals surface area contributed by atoms with Crippen LogP contribution in [0.5, 0.6) is 0 Å². The van der Waals surface area contributed by atoms with E-state index in [2.05, 4.69) is 121 Å². The van der Waals surface area contributed by atoms with Crippen LogP contribution < -0.4 is 0 Å². The maximum Gasteiger partial charge on any atom is -0.00264 e. The standard InChI is InChI=1S/C40H24/c1-2-4-30-23(3-1)5-9-27-21-28(14-16-31(27)30)32-15-11-25-12-17-33(35-20-19-34(32)39(25)35)37-22-29-10-8-24-6-7-26-13-18-36(37)40(26)38(24)29/h1-7,9,11-22H,8,10H2. The molecule has 0 nitrogen and oxygen atoms in total. The quantitative estimate of drug-likeness (QED) is 0.205. The van der Waals surface area contributed by atoms with Gasteiger partial charge >= 0.3 is 0 Å². The third-order valence-corrected chi connectivity index (χ3v) is 9.65. The lowest BCUT2D eigenvalue weighted by atomic mass is 9.87. The zero-order chi connectivity index (χ0) is 25.9. The number of fused-ring (bicyclic) bond motifs is 3. The third kappa shape index (κ3) is 2.61. The number of benzene rings is 7. The molecule has 0 atom stereocenters. The van der Waals surface area contributed by atoms with Crippen molar-refractivity contribution in [2.75, 3.05) is 0 Å². The molecule has 0 saturated heterocycles. The molecule has 0 heteroatoms. The molecule has 0 saturated carbocycles. The SMILES string of the molecule is C1=Cc2c(-c3cc4c5c(ccc6c5c3C=C6)CC4)ccc3ccc(-c4ccc5c(ccc6ccccc65)c4)c1c23. The van der Waals surface area contributed by atoms with E-state index in [4.69, 9.17) is 0 Å². The summed E-state index contributed by atoms with van der Waals surface area (Å²) in [6.45, 7) is 0. The van der Waals surface area contributed by atoms with Gasteiger partial charge in [0.2, 0.25) is 0 Å². The van der Waals surface area contributed by atoms with Gasteiger partial charge in [-0.25, -0.2) is 0 Å². The highest BCUT2D eigenvalue weighted by Crippen LogP contribution is 2.48. The minimum atomic E-state index is 1.15. The second kappa shape index (κ2) is 7.37. The van der Waals surface area contributed by atoms with Crippen molar-refractivity contribution in [1.29, 1.82) is 0 Å². The van der Waals surface area contributed by atoms with Crippen LogP contribution in [0.2, 0.25) is 0 Å². The topological polar surface area (TPSA) is 0 Å². The average molecular weight is 505 g/mol. The highest BCUT2D eigenvalue weighted by Gasteiger charge is 2.25. The van der Waals surface area contributed by atoms with E-state index in [0.29, 0.717) is 0 Å². The van der Waals surface area contributed by atoms with Crippen molar-refractivity contribution in [2.24, 2.45) is 0 Å². The lowest BCUT2D eigenvalue weighted by Crippen LogP contribution is -1.92. The van der Waals surface area contributed by atoms with Gasteiger partial charge in [0.05, 0.1) is 0 Å². The van der Waals surface area contributed by atoms with Gasteiger partial charge in [-0.3, -0.25) is 0 Å². The van der Waals surface area contributed by atoms with E-state index in [9.17, 15) is 0 Å². The second-order valence-corrected chi connectivity index (χ2v) is 11.6. The highest BCUT2D eigenvalue weighted by atomic mass is 14.3. The molecular weight excluding hydrogens is 480 g/mol. The molecule has 0 unspecified atom stereocenters. The molecule has 0 amide bonds. The monoisotopic (exact) mass is 504 g/mol. The minimum Gasteiger partial charge on any atom is -0.0616 e. The van der Waals surface area contributed by atoms with Crippen molar-refractivity contribution in [3.63, 3.8) is 0 Å². The molecule has 0 N–H and O–H groups in total. The fourth-order valence-corrected chi connectivity index (χ4v) is 7.81. The Hall–Kier alpha value is -4.94. The average Bonchev–Trinajstić information content (AvgIpc) is 3.74. The summed E-state index contributed by atoms with van der Waals surface area (Å²) in [5.74, 6) is 0. The summed E-state index contributed by atoms with van der Waals surface area (Å²) in [7, 11) is 0. The predicted molar refractivity (Wildman–Crippen MR) is 173 cm³/mol. The van der Waals surface area contributed by atoms with Gasteiger partial charge in [-0.15, -0.1) is 0 Å². The van der Waals surface area contributed by atoms with Gasteiger partial charge in [0.25, 0.3) is 0 Å². The van der Waals surface area contributed by atoms with Gasteiger partial charge in [0.1, 0.15) is 0 Å². The molecular formula is C40H24. The van der Waals surface area contributed by atoms with E-state index in [-0.39, 0.29) is 0 Å². The summed E-state index contributed by atoms with van der Waals surface area (Å²) in [4.78, 5) is 0. The first-order chi connectivity index (χ1) is 19.8. The van der Waals surface area contributed by atoms with Crippen LogP contribution in [-0.4, -0.2) is 0 Å². The van der Waals surface area contributed by atoms with Crippen LogP contribution in [0.3, 0.4) is 0 Å². The van der Waals surface area contributed by atoms with Crippen LogP contribution in [0.4, 0.5) is 0 Å². The zero-order valence-corrected chi connectivity index (χ0v) is 22.0. The largest absolute Gasteiger partial charge is 0.0616 e. The van der Waals surface area contributed by atoms with E-state index < -0.39 is 0 Å². The first-order valence-electron chi connectivity index (χ1n) is 14.3. The first kappa shape index (κ1) is 21.0.